The molecule has 20 heavy (non-hydrogen) atoms. The lowest BCUT2D eigenvalue weighted by atomic mass is 10.1. The van der Waals surface area contributed by atoms with Gasteiger partial charge in [0.25, 0.3) is 0 Å². The minimum atomic E-state index is -0.548. The van der Waals surface area contributed by atoms with Gasteiger partial charge in [-0.1, -0.05) is 29.3 Å². The molecule has 0 saturated heterocycles. The number of nitrogens with one attached hydrogen (secondary N) is 1. The zero-order chi connectivity index (χ0) is 14.7. The number of carbonyl (C=O) groups excluding carboxylic acids is 1. The molecule has 1 heterocycles. The number of guanidine groups is 1. The van der Waals surface area contributed by atoms with Gasteiger partial charge < -0.3 is 9.64 Å². The second-order valence-electron chi connectivity index (χ2n) is 4.22. The monoisotopic (exact) mass is 315 g/mol. The van der Waals surface area contributed by atoms with Gasteiger partial charge in [-0.25, -0.2) is 4.79 Å². The number of ether oxygens (including phenoxy) is 1. The van der Waals surface area contributed by atoms with Gasteiger partial charge in [0.15, 0.2) is 0 Å². The van der Waals surface area contributed by atoms with Crippen molar-refractivity contribution in [2.75, 3.05) is 20.2 Å². The normalized spacial score (nSPS) is 17.9. The van der Waals surface area contributed by atoms with Crippen LogP contribution in [0.15, 0.2) is 23.2 Å². The van der Waals surface area contributed by atoms with Gasteiger partial charge in [0, 0.05) is 22.2 Å². The van der Waals surface area contributed by atoms with E-state index in [9.17, 15) is 4.79 Å². The highest BCUT2D eigenvalue weighted by atomic mass is 35.5. The maximum absolute atomic E-state index is 11.3. The number of hydrogen-bond donors (Lipinski definition) is 1. The maximum Gasteiger partial charge on any atom is 0.413 e. The van der Waals surface area contributed by atoms with Gasteiger partial charge in [-0.15, -0.1) is 0 Å². The number of hydrogen-bond acceptors (Lipinski definition) is 4. The lowest BCUT2D eigenvalue weighted by Gasteiger charge is -2.27. The summed E-state index contributed by atoms with van der Waals surface area (Å²) in [5, 5.41) is 3.78. The Kier molecular flexibility index (Phi) is 4.73. The molecule has 0 spiro atoms. The largest absolute Gasteiger partial charge is 0.453 e. The van der Waals surface area contributed by atoms with E-state index in [4.69, 9.17) is 23.2 Å². The molecule has 1 unspecified atom stereocenters. The average molecular weight is 316 g/mol. The number of halogens is 2. The van der Waals surface area contributed by atoms with Crippen LogP contribution in [-0.2, 0) is 4.74 Å². The molecule has 2 rings (SSSR count). The molecule has 1 amide bonds. The Hall–Kier alpha value is -1.46. The van der Waals surface area contributed by atoms with Crippen molar-refractivity contribution in [3.8, 4) is 0 Å². The smallest absolute Gasteiger partial charge is 0.413 e. The first kappa shape index (κ1) is 14.9. The summed E-state index contributed by atoms with van der Waals surface area (Å²) >= 11 is 12.5. The van der Waals surface area contributed by atoms with Crippen molar-refractivity contribution in [2.24, 2.45) is 4.99 Å². The number of methoxy groups -OCH3 is 1. The van der Waals surface area contributed by atoms with E-state index in [0.29, 0.717) is 29.1 Å². The molecule has 1 atom stereocenters. The van der Waals surface area contributed by atoms with Gasteiger partial charge >= 0.3 is 6.09 Å². The highest BCUT2D eigenvalue weighted by Crippen LogP contribution is 2.35. The molecule has 0 radical (unpaired) electrons. The van der Waals surface area contributed by atoms with Gasteiger partial charge in [-0.2, -0.15) is 0 Å². The zero-order valence-electron chi connectivity index (χ0n) is 11.2. The average Bonchev–Trinajstić information content (AvgIpc) is 2.81. The first-order valence-electron chi connectivity index (χ1n) is 6.18. The number of aliphatic imine (C=N–C) groups is 1. The van der Waals surface area contributed by atoms with Crippen molar-refractivity contribution < 1.29 is 9.53 Å². The molecular formula is C13H15Cl2N3O2. The van der Waals surface area contributed by atoms with Crippen LogP contribution in [0, 0.1) is 0 Å². The van der Waals surface area contributed by atoms with Crippen LogP contribution in [0.5, 0.6) is 0 Å². The molecule has 5 nitrogen and oxygen atoms in total. The van der Waals surface area contributed by atoms with Crippen molar-refractivity contribution in [3.05, 3.63) is 33.8 Å². The molecule has 1 aromatic rings. The van der Waals surface area contributed by atoms with E-state index in [1.807, 2.05) is 11.8 Å². The van der Waals surface area contributed by atoms with E-state index in [1.54, 1.807) is 18.2 Å². The minimum Gasteiger partial charge on any atom is -0.453 e. The quantitative estimate of drug-likeness (QED) is 0.912. The molecule has 1 aromatic carbocycles. The van der Waals surface area contributed by atoms with Crippen molar-refractivity contribution in [1.82, 2.24) is 10.2 Å². The van der Waals surface area contributed by atoms with Gasteiger partial charge in [0.05, 0.1) is 19.7 Å². The highest BCUT2D eigenvalue weighted by molar-refractivity contribution is 6.36. The molecule has 1 aliphatic heterocycles. The van der Waals surface area contributed by atoms with Crippen molar-refractivity contribution >= 4 is 35.3 Å². The summed E-state index contributed by atoms with van der Waals surface area (Å²) < 4.78 is 4.58. The predicted octanol–water partition coefficient (Wildman–Crippen LogP) is 3.08. The first-order valence-corrected chi connectivity index (χ1v) is 6.94. The number of carbonyl (C=O) groups is 1. The number of benzene rings is 1. The molecule has 1 N–H and O–H groups in total. The molecule has 1 aliphatic rings. The summed E-state index contributed by atoms with van der Waals surface area (Å²) in [5.41, 5.74) is 0.822. The fraction of sp³-hybridized carbons (Fsp3) is 0.385. The van der Waals surface area contributed by atoms with Gasteiger partial charge in [0.2, 0.25) is 5.96 Å². The van der Waals surface area contributed by atoms with Gasteiger partial charge in [0.1, 0.15) is 0 Å². The summed E-state index contributed by atoms with van der Waals surface area (Å²) in [5.74, 6) is 0.473. The first-order chi connectivity index (χ1) is 9.58. The molecule has 0 aliphatic carbocycles. The Labute approximate surface area is 127 Å². The molecule has 0 fully saturated rings. The summed E-state index contributed by atoms with van der Waals surface area (Å²) in [4.78, 5) is 17.6. The van der Waals surface area contributed by atoms with E-state index in [0.717, 1.165) is 5.56 Å². The lowest BCUT2D eigenvalue weighted by Crippen LogP contribution is -2.42. The summed E-state index contributed by atoms with van der Waals surface area (Å²) in [6.07, 6.45) is -0.548. The number of alkyl carbamates (subject to hydrolysis) is 1. The Bertz CT molecular complexity index is 528. The number of likely N-dealkylation sites (N-methyl/N-ethyl adjacent to an activating group) is 1. The SMILES string of the molecule is CCN1C(NC(=O)OC)=NCC1c1c(Cl)cccc1Cl. The maximum atomic E-state index is 11.3. The number of nitrogens with zero attached hydrogens (tertiary/aromatic N) is 2. The second-order valence-corrected chi connectivity index (χ2v) is 5.03. The van der Waals surface area contributed by atoms with Crippen molar-refractivity contribution in [3.63, 3.8) is 0 Å². The predicted molar refractivity (Wildman–Crippen MR) is 79.4 cm³/mol. The number of rotatable bonds is 2. The molecule has 108 valence electrons. The Morgan fingerprint density at radius 2 is 2.15 bits per heavy atom. The van der Waals surface area contributed by atoms with Gasteiger partial charge in [-0.05, 0) is 19.1 Å². The summed E-state index contributed by atoms with van der Waals surface area (Å²) in [7, 11) is 1.31. The van der Waals surface area contributed by atoms with Crippen LogP contribution in [0.3, 0.4) is 0 Å². The van der Waals surface area contributed by atoms with Crippen molar-refractivity contribution in [1.29, 1.82) is 0 Å². The van der Waals surface area contributed by atoms with E-state index in [1.165, 1.54) is 7.11 Å². The summed E-state index contributed by atoms with van der Waals surface area (Å²) in [6, 6.07) is 5.30. The van der Waals surface area contributed by atoms with Crippen LogP contribution in [-0.4, -0.2) is 37.2 Å². The van der Waals surface area contributed by atoms with Crippen LogP contribution >= 0.6 is 23.2 Å². The van der Waals surface area contributed by atoms with Crippen LogP contribution in [0.2, 0.25) is 10.0 Å². The van der Waals surface area contributed by atoms with E-state index >= 15 is 0 Å². The zero-order valence-corrected chi connectivity index (χ0v) is 12.7. The minimum absolute atomic E-state index is 0.0895. The third-order valence-corrected chi connectivity index (χ3v) is 3.79. The fourth-order valence-electron chi connectivity index (χ4n) is 2.21. The van der Waals surface area contributed by atoms with Crippen LogP contribution < -0.4 is 5.32 Å². The van der Waals surface area contributed by atoms with Crippen LogP contribution in [0.1, 0.15) is 18.5 Å². The fourth-order valence-corrected chi connectivity index (χ4v) is 2.86. The van der Waals surface area contributed by atoms with E-state index < -0.39 is 6.09 Å². The highest BCUT2D eigenvalue weighted by Gasteiger charge is 2.31. The Morgan fingerprint density at radius 1 is 1.50 bits per heavy atom. The van der Waals surface area contributed by atoms with E-state index in [2.05, 4.69) is 15.0 Å². The molecule has 0 aromatic heterocycles. The second kappa shape index (κ2) is 6.33. The van der Waals surface area contributed by atoms with Crippen LogP contribution in [0.25, 0.3) is 0 Å². The Balaban J connectivity index is 2.26. The molecule has 0 saturated carbocycles. The molecule has 7 heteroatoms. The number of amides is 1. The standard InChI is InChI=1S/C13H15Cl2N3O2/c1-3-18-10(7-16-12(18)17-13(19)20-2)11-8(14)5-4-6-9(11)15/h4-6,10H,3,7H2,1-2H3,(H,16,17,19). The van der Waals surface area contributed by atoms with Crippen LogP contribution in [0.4, 0.5) is 4.79 Å². The summed E-state index contributed by atoms with van der Waals surface area (Å²) in [6.45, 7) is 3.11. The third-order valence-electron chi connectivity index (χ3n) is 3.14. The third kappa shape index (κ3) is 2.83. The van der Waals surface area contributed by atoms with Crippen molar-refractivity contribution in [2.45, 2.75) is 13.0 Å². The lowest BCUT2D eigenvalue weighted by molar-refractivity contribution is 0.175. The van der Waals surface area contributed by atoms with E-state index in [-0.39, 0.29) is 6.04 Å². The topological polar surface area (TPSA) is 53.9 Å². The van der Waals surface area contributed by atoms with Gasteiger partial charge in [-0.3, -0.25) is 10.3 Å². The Morgan fingerprint density at radius 3 is 2.70 bits per heavy atom. The molecule has 0 bridgehead atoms. The molecular weight excluding hydrogens is 301 g/mol.